The van der Waals surface area contributed by atoms with E-state index in [1.807, 2.05) is 12.1 Å². The molecule has 0 spiro atoms. The molecule has 1 N–H and O–H groups in total. The number of nitrogens with one attached hydrogen (secondary N) is 1. The van der Waals surface area contributed by atoms with Crippen LogP contribution < -0.4 is 10.2 Å². The topological polar surface area (TPSA) is 113 Å². The van der Waals surface area contributed by atoms with Crippen molar-refractivity contribution in [1.82, 2.24) is 14.3 Å². The minimum absolute atomic E-state index is 0.0461. The number of fused-ring (bicyclic) bond motifs is 2. The number of aromatic nitrogens is 2. The van der Waals surface area contributed by atoms with E-state index in [1.165, 1.54) is 12.3 Å². The smallest absolute Gasteiger partial charge is 0.285 e. The molecule has 0 aliphatic carbocycles. The summed E-state index contributed by atoms with van der Waals surface area (Å²) >= 11 is 0. The monoisotopic (exact) mass is 434 g/mol. The number of aryl methyl sites for hydroxylation is 2. The molecule has 32 heavy (non-hydrogen) atoms. The van der Waals surface area contributed by atoms with Gasteiger partial charge in [-0.15, -0.1) is 0 Å². The van der Waals surface area contributed by atoms with Gasteiger partial charge in [0.15, 0.2) is 5.69 Å². The minimum atomic E-state index is -0.464. The van der Waals surface area contributed by atoms with E-state index in [0.717, 1.165) is 23.4 Å². The molecule has 2 aliphatic heterocycles. The molecule has 3 aromatic rings. The summed E-state index contributed by atoms with van der Waals surface area (Å²) < 4.78 is 1.59. The fourth-order valence-electron chi connectivity index (χ4n) is 4.37. The highest BCUT2D eigenvalue weighted by molar-refractivity contribution is 5.99. The van der Waals surface area contributed by atoms with Crippen LogP contribution in [0.4, 0.5) is 17.1 Å². The van der Waals surface area contributed by atoms with E-state index < -0.39 is 4.92 Å². The lowest BCUT2D eigenvalue weighted by molar-refractivity contribution is -0.385. The van der Waals surface area contributed by atoms with Crippen LogP contribution in [0.3, 0.4) is 0 Å². The van der Waals surface area contributed by atoms with Gasteiger partial charge < -0.3 is 15.1 Å². The van der Waals surface area contributed by atoms with Crippen LogP contribution in [0, 0.1) is 17.0 Å². The van der Waals surface area contributed by atoms with Crippen LogP contribution in [0.5, 0.6) is 0 Å². The number of anilines is 2. The number of hydrogen-bond donors (Lipinski definition) is 1. The van der Waals surface area contributed by atoms with Gasteiger partial charge >= 0.3 is 0 Å². The molecule has 0 unspecified atom stereocenters. The van der Waals surface area contributed by atoms with Crippen molar-refractivity contribution in [3.05, 3.63) is 63.7 Å². The summed E-state index contributed by atoms with van der Waals surface area (Å²) in [4.78, 5) is 43.7. The fourth-order valence-corrected chi connectivity index (χ4v) is 4.37. The number of amides is 2. The molecule has 1 fully saturated rings. The molecule has 0 saturated carbocycles. The van der Waals surface area contributed by atoms with Crippen LogP contribution in [0.1, 0.15) is 28.3 Å². The Morgan fingerprint density at radius 2 is 1.91 bits per heavy atom. The van der Waals surface area contributed by atoms with Crippen molar-refractivity contribution in [3.63, 3.8) is 0 Å². The number of piperazine rings is 1. The molecule has 164 valence electrons. The zero-order valence-electron chi connectivity index (χ0n) is 17.6. The quantitative estimate of drug-likeness (QED) is 0.500. The SMILES string of the molecule is Cc1nc(C(=O)N2CCN(c3ccc4c(c3)CCC(=O)N4)CC2)c2ccc([N+](=O)[O-])cn12. The molecule has 2 amide bonds. The lowest BCUT2D eigenvalue weighted by atomic mass is 10.0. The highest BCUT2D eigenvalue weighted by Crippen LogP contribution is 2.28. The maximum absolute atomic E-state index is 13.2. The highest BCUT2D eigenvalue weighted by Gasteiger charge is 2.27. The molecule has 5 rings (SSSR count). The molecule has 1 aromatic carbocycles. The molecule has 2 aromatic heterocycles. The van der Waals surface area contributed by atoms with E-state index in [1.54, 1.807) is 22.3 Å². The largest absolute Gasteiger partial charge is 0.368 e. The van der Waals surface area contributed by atoms with Gasteiger partial charge in [-0.3, -0.25) is 24.1 Å². The van der Waals surface area contributed by atoms with Crippen molar-refractivity contribution in [1.29, 1.82) is 0 Å². The van der Waals surface area contributed by atoms with Crippen molar-refractivity contribution in [2.24, 2.45) is 0 Å². The second-order valence-corrected chi connectivity index (χ2v) is 8.08. The second-order valence-electron chi connectivity index (χ2n) is 8.08. The number of hydrogen-bond acceptors (Lipinski definition) is 6. The first-order chi connectivity index (χ1) is 15.4. The Bertz CT molecular complexity index is 1260. The molecule has 10 nitrogen and oxygen atoms in total. The van der Waals surface area contributed by atoms with Crippen molar-refractivity contribution >= 4 is 34.4 Å². The summed E-state index contributed by atoms with van der Waals surface area (Å²) in [6.07, 6.45) is 2.63. The summed E-state index contributed by atoms with van der Waals surface area (Å²) in [5.74, 6) is 0.415. The van der Waals surface area contributed by atoms with E-state index in [-0.39, 0.29) is 17.5 Å². The number of pyridine rings is 1. The number of rotatable bonds is 3. The van der Waals surface area contributed by atoms with Gasteiger partial charge in [0.05, 0.1) is 16.6 Å². The highest BCUT2D eigenvalue weighted by atomic mass is 16.6. The van der Waals surface area contributed by atoms with Gasteiger partial charge in [-0.1, -0.05) is 0 Å². The second kappa shape index (κ2) is 7.63. The molecule has 0 radical (unpaired) electrons. The van der Waals surface area contributed by atoms with E-state index in [0.29, 0.717) is 49.6 Å². The molecule has 10 heteroatoms. The number of nitro groups is 1. The number of carbonyl (C=O) groups is 2. The zero-order chi connectivity index (χ0) is 22.4. The van der Waals surface area contributed by atoms with Crippen LogP contribution in [0.25, 0.3) is 5.52 Å². The van der Waals surface area contributed by atoms with Crippen LogP contribution >= 0.6 is 0 Å². The number of imidazole rings is 1. The van der Waals surface area contributed by atoms with E-state index in [4.69, 9.17) is 0 Å². The third-order valence-electron chi connectivity index (χ3n) is 6.13. The zero-order valence-corrected chi connectivity index (χ0v) is 17.6. The van der Waals surface area contributed by atoms with E-state index in [9.17, 15) is 19.7 Å². The van der Waals surface area contributed by atoms with Crippen LogP contribution in [0.15, 0.2) is 36.5 Å². The summed E-state index contributed by atoms with van der Waals surface area (Å²) in [5.41, 5.74) is 3.93. The van der Waals surface area contributed by atoms with Crippen molar-refractivity contribution in [2.45, 2.75) is 19.8 Å². The molecule has 1 saturated heterocycles. The average Bonchev–Trinajstić information content (AvgIpc) is 3.14. The Balaban J connectivity index is 1.31. The number of benzene rings is 1. The molecule has 0 bridgehead atoms. The Morgan fingerprint density at radius 1 is 1.12 bits per heavy atom. The van der Waals surface area contributed by atoms with Gasteiger partial charge in [-0.25, -0.2) is 4.98 Å². The normalized spacial score (nSPS) is 16.1. The van der Waals surface area contributed by atoms with Crippen LogP contribution in [-0.2, 0) is 11.2 Å². The van der Waals surface area contributed by atoms with E-state index in [2.05, 4.69) is 21.3 Å². The van der Waals surface area contributed by atoms with Gasteiger partial charge in [-0.05, 0) is 43.2 Å². The summed E-state index contributed by atoms with van der Waals surface area (Å²) in [7, 11) is 0. The van der Waals surface area contributed by atoms with Gasteiger partial charge in [-0.2, -0.15) is 0 Å². The molecular weight excluding hydrogens is 412 g/mol. The standard InChI is InChI=1S/C22H22N6O4/c1-14-23-21(19-6-4-17(28(31)32)13-27(14)19)22(30)26-10-8-25(9-11-26)16-3-5-18-15(12-16)2-7-20(29)24-18/h3-6,12-13H,2,7-11H2,1H3,(H,24,29). The predicted octanol–water partition coefficient (Wildman–Crippen LogP) is 2.40. The van der Waals surface area contributed by atoms with Gasteiger partial charge in [0.1, 0.15) is 5.82 Å². The lowest BCUT2D eigenvalue weighted by Crippen LogP contribution is -2.49. The van der Waals surface area contributed by atoms with Crippen LogP contribution in [-0.4, -0.2) is 57.2 Å². The van der Waals surface area contributed by atoms with E-state index >= 15 is 0 Å². The lowest BCUT2D eigenvalue weighted by Gasteiger charge is -2.36. The van der Waals surface area contributed by atoms with Gasteiger partial charge in [0.25, 0.3) is 11.6 Å². The predicted molar refractivity (Wildman–Crippen MR) is 118 cm³/mol. The number of nitrogens with zero attached hydrogens (tertiary/aromatic N) is 5. The van der Waals surface area contributed by atoms with Crippen molar-refractivity contribution in [3.8, 4) is 0 Å². The first kappa shape index (κ1) is 20.0. The van der Waals surface area contributed by atoms with Crippen molar-refractivity contribution in [2.75, 3.05) is 36.4 Å². The third kappa shape index (κ3) is 3.43. The van der Waals surface area contributed by atoms with Crippen LogP contribution in [0.2, 0.25) is 0 Å². The van der Waals surface area contributed by atoms with Gasteiger partial charge in [0, 0.05) is 50.0 Å². The Labute approximate surface area is 183 Å². The molecular formula is C22H22N6O4. The Kier molecular flexibility index (Phi) is 4.76. The van der Waals surface area contributed by atoms with Crippen molar-refractivity contribution < 1.29 is 14.5 Å². The Morgan fingerprint density at radius 3 is 2.66 bits per heavy atom. The first-order valence-electron chi connectivity index (χ1n) is 10.5. The molecule has 0 atom stereocenters. The van der Waals surface area contributed by atoms with Gasteiger partial charge in [0.2, 0.25) is 5.91 Å². The maximum atomic E-state index is 13.2. The third-order valence-corrected chi connectivity index (χ3v) is 6.13. The first-order valence-corrected chi connectivity index (χ1v) is 10.5. The molecule has 2 aliphatic rings. The average molecular weight is 434 g/mol. The summed E-state index contributed by atoms with van der Waals surface area (Å²) in [6.45, 7) is 4.21. The summed E-state index contributed by atoms with van der Waals surface area (Å²) in [5, 5.41) is 14.0. The molecule has 4 heterocycles. The minimum Gasteiger partial charge on any atom is -0.368 e. The Hall–Kier alpha value is -3.95. The fraction of sp³-hybridized carbons (Fsp3) is 0.318. The maximum Gasteiger partial charge on any atom is 0.285 e. The summed E-state index contributed by atoms with van der Waals surface area (Å²) in [6, 6.07) is 9.03. The number of carbonyl (C=O) groups excluding carboxylic acids is 2.